The van der Waals surface area contributed by atoms with Crippen LogP contribution in [-0.2, 0) is 6.61 Å². The van der Waals surface area contributed by atoms with Gasteiger partial charge in [-0.25, -0.2) is 0 Å². The summed E-state index contributed by atoms with van der Waals surface area (Å²) in [6.07, 6.45) is 0. The highest BCUT2D eigenvalue weighted by molar-refractivity contribution is 6.05. The molecule has 0 atom stereocenters. The van der Waals surface area contributed by atoms with Gasteiger partial charge in [0.25, 0.3) is 5.91 Å². The molecule has 0 saturated carbocycles. The van der Waals surface area contributed by atoms with Gasteiger partial charge in [-0.05, 0) is 35.9 Å². The van der Waals surface area contributed by atoms with E-state index in [9.17, 15) is 4.79 Å². The topological polar surface area (TPSA) is 40.5 Å². The average Bonchev–Trinajstić information content (AvgIpc) is 2.47. The zero-order valence-electron chi connectivity index (χ0n) is 10.1. The van der Waals surface area contributed by atoms with Gasteiger partial charge in [-0.2, -0.15) is 0 Å². The maximum absolute atomic E-state index is 12.2. The monoisotopic (exact) mass is 240 g/mol. The van der Waals surface area contributed by atoms with E-state index in [1.54, 1.807) is 48.3 Å². The second kappa shape index (κ2) is 5.47. The molecular weight excluding hydrogens is 226 g/mol. The number of carbonyl (C=O) groups excluding carboxylic acids is 1. The third-order valence-electron chi connectivity index (χ3n) is 2.78. The number of hydrogen-bond donors (Lipinski definition) is 1. The van der Waals surface area contributed by atoms with Crippen molar-refractivity contribution < 1.29 is 9.90 Å². The molecule has 18 heavy (non-hydrogen) atoms. The summed E-state index contributed by atoms with van der Waals surface area (Å²) in [6, 6.07) is 17.0. The lowest BCUT2D eigenvalue weighted by atomic mass is 10.1. The number of rotatable bonds is 3. The molecule has 1 N–H and O–H groups in total. The van der Waals surface area contributed by atoms with Crippen molar-refractivity contribution in [1.29, 1.82) is 0 Å². The number of benzene rings is 2. The number of anilines is 1. The smallest absolute Gasteiger partial charge is 0.258 e. The lowest BCUT2D eigenvalue weighted by Crippen LogP contribution is -2.26. The average molecular weight is 240 g/mol. The highest BCUT2D eigenvalue weighted by Gasteiger charge is 2.12. The number of hydrogen-bond acceptors (Lipinski definition) is 2. The van der Waals surface area contributed by atoms with Crippen LogP contribution in [0.1, 0.15) is 15.9 Å². The van der Waals surface area contributed by atoms with Gasteiger partial charge in [-0.3, -0.25) is 4.79 Å². The van der Waals surface area contributed by atoms with E-state index in [2.05, 4.69) is 6.07 Å². The maximum atomic E-state index is 12.2. The van der Waals surface area contributed by atoms with Crippen molar-refractivity contribution in [1.82, 2.24) is 0 Å². The molecule has 3 nitrogen and oxygen atoms in total. The molecule has 3 heteroatoms. The maximum Gasteiger partial charge on any atom is 0.258 e. The van der Waals surface area contributed by atoms with E-state index in [0.29, 0.717) is 5.56 Å². The molecule has 0 spiro atoms. The first-order chi connectivity index (χ1) is 8.72. The van der Waals surface area contributed by atoms with Crippen LogP contribution in [0.15, 0.2) is 48.5 Å². The quantitative estimate of drug-likeness (QED) is 0.894. The molecule has 1 amide bonds. The van der Waals surface area contributed by atoms with Gasteiger partial charge < -0.3 is 10.0 Å². The predicted octanol–water partition coefficient (Wildman–Crippen LogP) is 2.26. The van der Waals surface area contributed by atoms with Gasteiger partial charge in [0, 0.05) is 18.3 Å². The number of aliphatic hydroxyl groups excluding tert-OH is 1. The Hall–Kier alpha value is -2.13. The van der Waals surface area contributed by atoms with Crippen molar-refractivity contribution in [3.8, 4) is 0 Å². The van der Waals surface area contributed by atoms with Gasteiger partial charge in [0.05, 0.1) is 6.61 Å². The van der Waals surface area contributed by atoms with Crippen LogP contribution in [0.25, 0.3) is 0 Å². The Morgan fingerprint density at radius 1 is 1.17 bits per heavy atom. The summed E-state index contributed by atoms with van der Waals surface area (Å²) in [7, 11) is 1.73. The Bertz CT molecular complexity index is 520. The second-order valence-electron chi connectivity index (χ2n) is 3.98. The molecule has 0 bridgehead atoms. The molecule has 0 aliphatic heterocycles. The zero-order valence-corrected chi connectivity index (χ0v) is 10.1. The highest BCUT2D eigenvalue weighted by Crippen LogP contribution is 2.16. The third kappa shape index (κ3) is 2.57. The number of nitrogens with zero attached hydrogens (tertiary/aromatic N) is 1. The van der Waals surface area contributed by atoms with Gasteiger partial charge in [-0.15, -0.1) is 0 Å². The van der Waals surface area contributed by atoms with Crippen LogP contribution in [-0.4, -0.2) is 18.1 Å². The largest absolute Gasteiger partial charge is 0.392 e. The summed E-state index contributed by atoms with van der Waals surface area (Å²) in [4.78, 5) is 13.7. The van der Waals surface area contributed by atoms with Gasteiger partial charge in [0.15, 0.2) is 0 Å². The Balaban J connectivity index is 2.20. The molecule has 0 aliphatic rings. The van der Waals surface area contributed by atoms with E-state index in [1.165, 1.54) is 0 Å². The van der Waals surface area contributed by atoms with Gasteiger partial charge in [-0.1, -0.05) is 24.3 Å². The molecule has 2 rings (SSSR count). The molecule has 2 aromatic carbocycles. The number of aliphatic hydroxyl groups is 1. The minimum atomic E-state index is -0.0688. The van der Waals surface area contributed by atoms with Crippen LogP contribution < -0.4 is 4.90 Å². The Morgan fingerprint density at radius 3 is 2.33 bits per heavy atom. The van der Waals surface area contributed by atoms with Crippen LogP contribution in [0.2, 0.25) is 0 Å². The molecule has 0 heterocycles. The van der Waals surface area contributed by atoms with Crippen molar-refractivity contribution in [2.24, 2.45) is 0 Å². The molecule has 0 unspecified atom stereocenters. The van der Waals surface area contributed by atoms with Crippen molar-refractivity contribution >= 4 is 11.6 Å². The van der Waals surface area contributed by atoms with Crippen LogP contribution in [0.5, 0.6) is 0 Å². The molecule has 2 aromatic rings. The fourth-order valence-corrected chi connectivity index (χ4v) is 1.67. The molecule has 0 aromatic heterocycles. The first-order valence-corrected chi connectivity index (χ1v) is 5.66. The Labute approximate surface area is 106 Å². The molecule has 1 radical (unpaired) electrons. The minimum Gasteiger partial charge on any atom is -0.392 e. The van der Waals surface area contributed by atoms with Crippen molar-refractivity contribution in [3.63, 3.8) is 0 Å². The molecule has 91 valence electrons. The zero-order chi connectivity index (χ0) is 13.0. The summed E-state index contributed by atoms with van der Waals surface area (Å²) < 4.78 is 0. The fourth-order valence-electron chi connectivity index (χ4n) is 1.67. The van der Waals surface area contributed by atoms with E-state index in [1.807, 2.05) is 12.1 Å². The lowest BCUT2D eigenvalue weighted by molar-refractivity contribution is 0.0993. The SMILES string of the molecule is CN(C(=O)c1cc[c]cc1)c1ccc(CO)cc1. The fraction of sp³-hybridized carbons (Fsp3) is 0.133. The summed E-state index contributed by atoms with van der Waals surface area (Å²) in [5, 5.41) is 8.97. The summed E-state index contributed by atoms with van der Waals surface area (Å²) in [6.45, 7) is 0.00641. The van der Waals surface area contributed by atoms with Crippen LogP contribution in [0.4, 0.5) is 5.69 Å². The van der Waals surface area contributed by atoms with E-state index in [0.717, 1.165) is 11.3 Å². The highest BCUT2D eigenvalue weighted by atomic mass is 16.3. The van der Waals surface area contributed by atoms with Crippen LogP contribution in [0, 0.1) is 6.07 Å². The van der Waals surface area contributed by atoms with E-state index in [-0.39, 0.29) is 12.5 Å². The first kappa shape index (κ1) is 12.3. The lowest BCUT2D eigenvalue weighted by Gasteiger charge is -2.17. The Kier molecular flexibility index (Phi) is 3.75. The molecule has 0 saturated heterocycles. The predicted molar refractivity (Wildman–Crippen MR) is 70.4 cm³/mol. The normalized spacial score (nSPS) is 10.1. The van der Waals surface area contributed by atoms with E-state index >= 15 is 0 Å². The van der Waals surface area contributed by atoms with Crippen molar-refractivity contribution in [2.45, 2.75) is 6.61 Å². The van der Waals surface area contributed by atoms with Crippen LogP contribution in [0.3, 0.4) is 0 Å². The molecule has 0 fully saturated rings. The third-order valence-corrected chi connectivity index (χ3v) is 2.78. The van der Waals surface area contributed by atoms with Gasteiger partial charge in [0.2, 0.25) is 0 Å². The van der Waals surface area contributed by atoms with Gasteiger partial charge in [0.1, 0.15) is 0 Å². The first-order valence-electron chi connectivity index (χ1n) is 5.66. The van der Waals surface area contributed by atoms with Crippen molar-refractivity contribution in [3.05, 3.63) is 65.7 Å². The second-order valence-corrected chi connectivity index (χ2v) is 3.98. The van der Waals surface area contributed by atoms with E-state index in [4.69, 9.17) is 5.11 Å². The summed E-state index contributed by atoms with van der Waals surface area (Å²) in [5.74, 6) is -0.0688. The molecular formula is C15H14NO2. The van der Waals surface area contributed by atoms with Crippen LogP contribution >= 0.6 is 0 Å². The van der Waals surface area contributed by atoms with Crippen molar-refractivity contribution in [2.75, 3.05) is 11.9 Å². The Morgan fingerprint density at radius 2 is 1.78 bits per heavy atom. The van der Waals surface area contributed by atoms with Gasteiger partial charge >= 0.3 is 0 Å². The number of amides is 1. The summed E-state index contributed by atoms with van der Waals surface area (Å²) in [5.41, 5.74) is 2.25. The minimum absolute atomic E-state index is 0.00641. The molecule has 0 aliphatic carbocycles. The number of carbonyl (C=O) groups is 1. The van der Waals surface area contributed by atoms with E-state index < -0.39 is 0 Å². The summed E-state index contributed by atoms with van der Waals surface area (Å²) >= 11 is 0. The standard InChI is InChI=1S/C15H14NO2/c1-16(14-9-7-12(11-17)8-10-14)15(18)13-5-3-2-4-6-13/h3-10,17H,11H2,1H3.